The van der Waals surface area contributed by atoms with E-state index in [1.807, 2.05) is 12.1 Å². The fourth-order valence-electron chi connectivity index (χ4n) is 1.78. The molecule has 0 aliphatic rings. The first kappa shape index (κ1) is 17.5. The molecule has 0 spiro atoms. The van der Waals surface area contributed by atoms with E-state index in [9.17, 15) is 9.90 Å². The lowest BCUT2D eigenvalue weighted by molar-refractivity contribution is -0.137. The zero-order chi connectivity index (χ0) is 15.7. The average molecular weight is 313 g/mol. The van der Waals surface area contributed by atoms with E-state index in [4.69, 9.17) is 16.3 Å². The first-order valence-corrected chi connectivity index (χ1v) is 7.26. The van der Waals surface area contributed by atoms with E-state index < -0.39 is 12.1 Å². The van der Waals surface area contributed by atoms with Crippen LogP contribution in [-0.4, -0.2) is 30.9 Å². The lowest BCUT2D eigenvalue weighted by atomic mass is 10.0. The fraction of sp³-hybridized carbons (Fsp3) is 0.438. The second-order valence-electron chi connectivity index (χ2n) is 4.68. The van der Waals surface area contributed by atoms with Gasteiger partial charge in [-0.1, -0.05) is 24.6 Å². The van der Waals surface area contributed by atoms with Gasteiger partial charge in [-0.2, -0.15) is 0 Å². The number of benzene rings is 1. The van der Waals surface area contributed by atoms with Crippen molar-refractivity contribution in [1.82, 2.24) is 0 Å². The molecule has 21 heavy (non-hydrogen) atoms. The van der Waals surface area contributed by atoms with Crippen molar-refractivity contribution in [2.75, 3.05) is 13.7 Å². The number of carbonyl (C=O) groups excluding carboxylic acids is 1. The van der Waals surface area contributed by atoms with Crippen LogP contribution in [0.15, 0.2) is 36.4 Å². The van der Waals surface area contributed by atoms with Gasteiger partial charge in [-0.05, 0) is 43.5 Å². The smallest absolute Gasteiger partial charge is 0.335 e. The van der Waals surface area contributed by atoms with E-state index in [1.165, 1.54) is 7.11 Å². The first-order chi connectivity index (χ1) is 10.0. The number of hydrogen-bond donors (Lipinski definition) is 1. The zero-order valence-corrected chi connectivity index (χ0v) is 12.9. The van der Waals surface area contributed by atoms with Gasteiger partial charge >= 0.3 is 5.97 Å². The molecule has 0 radical (unpaired) electrons. The highest BCUT2D eigenvalue weighted by Crippen LogP contribution is 2.16. The quantitative estimate of drug-likeness (QED) is 0.431. The third kappa shape index (κ3) is 6.65. The Morgan fingerprint density at radius 2 is 1.95 bits per heavy atom. The molecule has 116 valence electrons. The van der Waals surface area contributed by atoms with Gasteiger partial charge in [0.25, 0.3) is 0 Å². The largest absolute Gasteiger partial charge is 0.494 e. The van der Waals surface area contributed by atoms with Crippen molar-refractivity contribution in [2.45, 2.75) is 31.8 Å². The minimum Gasteiger partial charge on any atom is -0.494 e. The van der Waals surface area contributed by atoms with Crippen LogP contribution >= 0.6 is 11.6 Å². The second-order valence-corrected chi connectivity index (χ2v) is 5.12. The predicted octanol–water partition coefficient (Wildman–Crippen LogP) is 3.37. The van der Waals surface area contributed by atoms with Crippen molar-refractivity contribution in [3.05, 3.63) is 41.4 Å². The highest BCUT2D eigenvalue weighted by Gasteiger charge is 2.16. The second kappa shape index (κ2) is 9.42. The molecule has 1 N–H and O–H groups in total. The monoisotopic (exact) mass is 312 g/mol. The number of hydrogen-bond acceptors (Lipinski definition) is 4. The van der Waals surface area contributed by atoms with Crippen molar-refractivity contribution >= 4 is 17.6 Å². The van der Waals surface area contributed by atoms with Crippen LogP contribution in [0.2, 0.25) is 5.02 Å². The summed E-state index contributed by atoms with van der Waals surface area (Å²) in [7, 11) is 1.27. The number of ether oxygens (including phenoxy) is 2. The van der Waals surface area contributed by atoms with E-state index in [0.717, 1.165) is 25.0 Å². The molecule has 1 aromatic carbocycles. The summed E-state index contributed by atoms with van der Waals surface area (Å²) < 4.78 is 10.1. The molecule has 1 unspecified atom stereocenters. The molecule has 1 rings (SSSR count). The molecular weight excluding hydrogens is 292 g/mol. The van der Waals surface area contributed by atoms with Crippen molar-refractivity contribution in [3.63, 3.8) is 0 Å². The summed E-state index contributed by atoms with van der Waals surface area (Å²) in [5.41, 5.74) is 0.106. The molecule has 4 nitrogen and oxygen atoms in total. The van der Waals surface area contributed by atoms with Crippen LogP contribution in [0.5, 0.6) is 5.75 Å². The number of halogens is 1. The average Bonchev–Trinajstić information content (AvgIpc) is 2.50. The molecule has 0 saturated carbocycles. The standard InChI is InChI=1S/C16H21ClO4/c1-12(16(19)20-2)15(18)6-4-3-5-11-21-14-9-7-13(17)8-10-14/h7-10,15,18H,1,3-6,11H2,2H3. The topological polar surface area (TPSA) is 55.8 Å². The summed E-state index contributed by atoms with van der Waals surface area (Å²) in [5, 5.41) is 10.4. The van der Waals surface area contributed by atoms with Crippen LogP contribution in [0.3, 0.4) is 0 Å². The summed E-state index contributed by atoms with van der Waals surface area (Å²) in [6.07, 6.45) is 2.23. The molecule has 0 saturated heterocycles. The molecular formula is C16H21ClO4. The predicted molar refractivity (Wildman–Crippen MR) is 82.6 cm³/mol. The zero-order valence-electron chi connectivity index (χ0n) is 12.2. The summed E-state index contributed by atoms with van der Waals surface area (Å²) in [6, 6.07) is 7.22. The van der Waals surface area contributed by atoms with Gasteiger partial charge in [0.05, 0.1) is 25.4 Å². The first-order valence-electron chi connectivity index (χ1n) is 6.88. The van der Waals surface area contributed by atoms with Gasteiger partial charge in [-0.3, -0.25) is 0 Å². The Bertz CT molecular complexity index is 456. The summed E-state index contributed by atoms with van der Waals surface area (Å²) in [4.78, 5) is 11.2. The normalized spacial score (nSPS) is 11.8. The Hall–Kier alpha value is -1.52. The van der Waals surface area contributed by atoms with Crippen LogP contribution in [0.1, 0.15) is 25.7 Å². The maximum atomic E-state index is 11.2. The van der Waals surface area contributed by atoms with E-state index in [0.29, 0.717) is 18.1 Å². The molecule has 0 aromatic heterocycles. The maximum absolute atomic E-state index is 11.2. The molecule has 0 bridgehead atoms. The molecule has 1 aromatic rings. The van der Waals surface area contributed by atoms with Gasteiger partial charge < -0.3 is 14.6 Å². The summed E-state index contributed by atoms with van der Waals surface area (Å²) in [6.45, 7) is 4.13. The molecule has 1 atom stereocenters. The number of esters is 1. The molecule has 0 fully saturated rings. The van der Waals surface area contributed by atoms with Gasteiger partial charge in [0.2, 0.25) is 0 Å². The summed E-state index contributed by atoms with van der Waals surface area (Å²) >= 11 is 5.78. The van der Waals surface area contributed by atoms with E-state index in [1.54, 1.807) is 12.1 Å². The Kier molecular flexibility index (Phi) is 7.87. The number of carbonyl (C=O) groups is 1. The van der Waals surface area contributed by atoms with E-state index >= 15 is 0 Å². The van der Waals surface area contributed by atoms with E-state index in [-0.39, 0.29) is 5.57 Å². The number of unbranched alkanes of at least 4 members (excludes halogenated alkanes) is 2. The van der Waals surface area contributed by atoms with Gasteiger partial charge in [0, 0.05) is 5.02 Å². The summed E-state index contributed by atoms with van der Waals surface area (Å²) in [5.74, 6) is 0.229. The minimum absolute atomic E-state index is 0.106. The van der Waals surface area contributed by atoms with Crippen LogP contribution < -0.4 is 4.74 Å². The van der Waals surface area contributed by atoms with Gasteiger partial charge in [0.15, 0.2) is 0 Å². The van der Waals surface area contributed by atoms with Crippen LogP contribution in [0.4, 0.5) is 0 Å². The molecule has 0 aliphatic heterocycles. The van der Waals surface area contributed by atoms with Crippen molar-refractivity contribution < 1.29 is 19.4 Å². The third-order valence-electron chi connectivity index (χ3n) is 3.05. The maximum Gasteiger partial charge on any atom is 0.335 e. The highest BCUT2D eigenvalue weighted by molar-refractivity contribution is 6.30. The SMILES string of the molecule is C=C(C(=O)OC)C(O)CCCCCOc1ccc(Cl)cc1. The Labute approximate surface area is 130 Å². The lowest BCUT2D eigenvalue weighted by Gasteiger charge is -2.11. The van der Waals surface area contributed by atoms with Crippen LogP contribution in [0, 0.1) is 0 Å². The third-order valence-corrected chi connectivity index (χ3v) is 3.31. The van der Waals surface area contributed by atoms with E-state index in [2.05, 4.69) is 11.3 Å². The fourth-order valence-corrected chi connectivity index (χ4v) is 1.90. The Morgan fingerprint density at radius 3 is 2.57 bits per heavy atom. The number of methoxy groups -OCH3 is 1. The molecule has 0 heterocycles. The van der Waals surface area contributed by atoms with Crippen molar-refractivity contribution in [2.24, 2.45) is 0 Å². The molecule has 5 heteroatoms. The van der Waals surface area contributed by atoms with Gasteiger partial charge in [0.1, 0.15) is 5.75 Å². The van der Waals surface area contributed by atoms with Gasteiger partial charge in [-0.25, -0.2) is 4.79 Å². The van der Waals surface area contributed by atoms with Crippen LogP contribution in [-0.2, 0) is 9.53 Å². The lowest BCUT2D eigenvalue weighted by Crippen LogP contribution is -2.18. The van der Waals surface area contributed by atoms with Crippen molar-refractivity contribution in [1.29, 1.82) is 0 Å². The van der Waals surface area contributed by atoms with Crippen molar-refractivity contribution in [3.8, 4) is 5.75 Å². The van der Waals surface area contributed by atoms with Gasteiger partial charge in [-0.15, -0.1) is 0 Å². The number of rotatable bonds is 9. The molecule has 0 aliphatic carbocycles. The van der Waals surface area contributed by atoms with Crippen LogP contribution in [0.25, 0.3) is 0 Å². The number of aliphatic hydroxyl groups excluding tert-OH is 1. The minimum atomic E-state index is -0.838. The Morgan fingerprint density at radius 1 is 1.29 bits per heavy atom. The highest BCUT2D eigenvalue weighted by atomic mass is 35.5. The number of aliphatic hydroxyl groups is 1. The molecule has 0 amide bonds. The Balaban J connectivity index is 2.10.